The Morgan fingerprint density at radius 2 is 2.42 bits per heavy atom. The van der Waals surface area contributed by atoms with Crippen LogP contribution in [0.15, 0.2) is 12.3 Å². The van der Waals surface area contributed by atoms with Gasteiger partial charge in [-0.15, -0.1) is 17.4 Å². The number of likely N-dealkylation sites (tertiary alicyclic amines) is 1. The average Bonchev–Trinajstić information content (AvgIpc) is 2.95. The van der Waals surface area contributed by atoms with Crippen LogP contribution in [-0.4, -0.2) is 44.3 Å². The number of amides is 1. The van der Waals surface area contributed by atoms with Gasteiger partial charge in [0.1, 0.15) is 5.52 Å². The molecule has 1 amide bonds. The molecule has 0 aromatic carbocycles. The molecule has 0 radical (unpaired) electrons. The Labute approximate surface area is 110 Å². The molecule has 1 saturated heterocycles. The highest BCUT2D eigenvalue weighted by Gasteiger charge is 2.25. The van der Waals surface area contributed by atoms with Gasteiger partial charge in [-0.3, -0.25) is 4.79 Å². The largest absolute Gasteiger partial charge is 0.337 e. The van der Waals surface area contributed by atoms with E-state index < -0.39 is 0 Å². The molecule has 0 aliphatic carbocycles. The number of nitrogens with one attached hydrogen (secondary N) is 1. The van der Waals surface area contributed by atoms with E-state index in [1.165, 1.54) is 0 Å². The van der Waals surface area contributed by atoms with Crippen LogP contribution in [0.1, 0.15) is 23.2 Å². The first kappa shape index (κ1) is 11.7. The topological polar surface area (TPSA) is 74.8 Å². The van der Waals surface area contributed by atoms with Crippen molar-refractivity contribution in [1.82, 2.24) is 25.3 Å². The molecule has 0 spiro atoms. The van der Waals surface area contributed by atoms with E-state index in [1.807, 2.05) is 0 Å². The monoisotopic (exact) mass is 255 g/mol. The standard InChI is InChI=1S/C13H13N5O/c1-2-9-4-3-7-18(8-9)13(19)10-5-6-14-12-11(10)15-17-16-12/h1,5-6,9H,3-4,7-8H2,(H,14,15,16,17). The smallest absolute Gasteiger partial charge is 0.256 e. The zero-order chi connectivity index (χ0) is 13.2. The van der Waals surface area contributed by atoms with E-state index in [0.717, 1.165) is 19.4 Å². The number of pyridine rings is 1. The molecule has 0 bridgehead atoms. The van der Waals surface area contributed by atoms with Gasteiger partial charge in [-0.2, -0.15) is 10.3 Å². The molecule has 1 unspecified atom stereocenters. The van der Waals surface area contributed by atoms with Crippen molar-refractivity contribution in [2.75, 3.05) is 13.1 Å². The third-order valence-electron chi connectivity index (χ3n) is 3.40. The summed E-state index contributed by atoms with van der Waals surface area (Å²) in [6, 6.07) is 1.67. The van der Waals surface area contributed by atoms with E-state index in [9.17, 15) is 4.79 Å². The van der Waals surface area contributed by atoms with Crippen LogP contribution in [0.4, 0.5) is 0 Å². The number of H-pyrrole nitrogens is 1. The fraction of sp³-hybridized carbons (Fsp3) is 0.385. The van der Waals surface area contributed by atoms with Crippen molar-refractivity contribution in [1.29, 1.82) is 0 Å². The zero-order valence-corrected chi connectivity index (χ0v) is 10.3. The van der Waals surface area contributed by atoms with Gasteiger partial charge in [-0.1, -0.05) is 0 Å². The Balaban J connectivity index is 1.91. The number of carbonyl (C=O) groups excluding carboxylic acids is 1. The Morgan fingerprint density at radius 1 is 1.53 bits per heavy atom. The minimum Gasteiger partial charge on any atom is -0.337 e. The van der Waals surface area contributed by atoms with Crippen LogP contribution >= 0.6 is 0 Å². The van der Waals surface area contributed by atoms with Gasteiger partial charge in [-0.05, 0) is 18.9 Å². The SMILES string of the molecule is C#CC1CCCN(C(=O)c2ccnc3n[nH]nc23)C1. The molecule has 1 fully saturated rings. The highest BCUT2D eigenvalue weighted by Crippen LogP contribution is 2.20. The summed E-state index contributed by atoms with van der Waals surface area (Å²) in [5, 5.41) is 10.4. The van der Waals surface area contributed by atoms with Gasteiger partial charge in [0.2, 0.25) is 5.65 Å². The summed E-state index contributed by atoms with van der Waals surface area (Å²) in [5.74, 6) is 2.82. The predicted molar refractivity (Wildman–Crippen MR) is 69.1 cm³/mol. The van der Waals surface area contributed by atoms with Crippen molar-refractivity contribution in [3.05, 3.63) is 17.8 Å². The predicted octanol–water partition coefficient (Wildman–Crippen LogP) is 0.838. The fourth-order valence-electron chi connectivity index (χ4n) is 2.40. The summed E-state index contributed by atoms with van der Waals surface area (Å²) in [6.45, 7) is 1.34. The fourth-order valence-corrected chi connectivity index (χ4v) is 2.40. The van der Waals surface area contributed by atoms with Crippen LogP contribution in [0, 0.1) is 18.3 Å². The molecular weight excluding hydrogens is 242 g/mol. The van der Waals surface area contributed by atoms with Crippen LogP contribution in [0.25, 0.3) is 11.2 Å². The van der Waals surface area contributed by atoms with E-state index in [2.05, 4.69) is 26.3 Å². The second-order valence-electron chi connectivity index (χ2n) is 4.61. The lowest BCUT2D eigenvalue weighted by Gasteiger charge is -2.30. The maximum atomic E-state index is 12.5. The lowest BCUT2D eigenvalue weighted by molar-refractivity contribution is 0.0701. The Bertz CT molecular complexity index is 656. The zero-order valence-electron chi connectivity index (χ0n) is 10.3. The van der Waals surface area contributed by atoms with Gasteiger partial charge in [-0.25, -0.2) is 4.98 Å². The number of aromatic amines is 1. The van der Waals surface area contributed by atoms with Crippen molar-refractivity contribution in [3.8, 4) is 12.3 Å². The molecule has 1 N–H and O–H groups in total. The van der Waals surface area contributed by atoms with Crippen LogP contribution in [0.2, 0.25) is 0 Å². The number of rotatable bonds is 1. The second-order valence-corrected chi connectivity index (χ2v) is 4.61. The summed E-state index contributed by atoms with van der Waals surface area (Å²) >= 11 is 0. The van der Waals surface area contributed by atoms with Crippen LogP contribution in [0.3, 0.4) is 0 Å². The van der Waals surface area contributed by atoms with E-state index in [-0.39, 0.29) is 11.8 Å². The van der Waals surface area contributed by atoms with Gasteiger partial charge >= 0.3 is 0 Å². The summed E-state index contributed by atoms with van der Waals surface area (Å²) in [6.07, 6.45) is 8.94. The number of carbonyl (C=O) groups is 1. The van der Waals surface area contributed by atoms with Gasteiger partial charge in [0.05, 0.1) is 5.56 Å². The highest BCUT2D eigenvalue weighted by atomic mass is 16.2. The summed E-state index contributed by atoms with van der Waals surface area (Å²) in [5.41, 5.74) is 1.49. The van der Waals surface area contributed by atoms with E-state index in [0.29, 0.717) is 23.3 Å². The molecule has 1 aliphatic rings. The molecule has 96 valence electrons. The Kier molecular flexibility index (Phi) is 2.88. The van der Waals surface area contributed by atoms with E-state index >= 15 is 0 Å². The van der Waals surface area contributed by atoms with E-state index in [1.54, 1.807) is 17.2 Å². The number of hydrogen-bond donors (Lipinski definition) is 1. The molecule has 6 heteroatoms. The number of fused-ring (bicyclic) bond motifs is 1. The first-order chi connectivity index (χ1) is 9.29. The number of nitrogens with zero attached hydrogens (tertiary/aromatic N) is 4. The third kappa shape index (κ3) is 2.03. The molecule has 6 nitrogen and oxygen atoms in total. The van der Waals surface area contributed by atoms with Gasteiger partial charge in [0, 0.05) is 25.2 Å². The van der Waals surface area contributed by atoms with Crippen LogP contribution in [0.5, 0.6) is 0 Å². The maximum absolute atomic E-state index is 12.5. The Hall–Kier alpha value is -2.42. The number of piperidine rings is 1. The van der Waals surface area contributed by atoms with Gasteiger partial charge in [0.25, 0.3) is 5.91 Å². The van der Waals surface area contributed by atoms with Crippen molar-refractivity contribution in [2.24, 2.45) is 5.92 Å². The molecule has 3 heterocycles. The van der Waals surface area contributed by atoms with E-state index in [4.69, 9.17) is 6.42 Å². The summed E-state index contributed by atoms with van der Waals surface area (Å²) in [4.78, 5) is 18.4. The molecule has 1 aliphatic heterocycles. The molecule has 0 saturated carbocycles. The number of terminal acetylenes is 1. The normalized spacial score (nSPS) is 19.3. The summed E-state index contributed by atoms with van der Waals surface area (Å²) in [7, 11) is 0. The van der Waals surface area contributed by atoms with Crippen LogP contribution < -0.4 is 0 Å². The van der Waals surface area contributed by atoms with Crippen molar-refractivity contribution >= 4 is 17.1 Å². The lowest BCUT2D eigenvalue weighted by Crippen LogP contribution is -2.39. The van der Waals surface area contributed by atoms with Gasteiger partial charge < -0.3 is 4.90 Å². The Morgan fingerprint density at radius 3 is 3.26 bits per heavy atom. The van der Waals surface area contributed by atoms with Crippen LogP contribution in [-0.2, 0) is 0 Å². The molecule has 3 rings (SSSR count). The highest BCUT2D eigenvalue weighted by molar-refractivity contribution is 6.03. The third-order valence-corrected chi connectivity index (χ3v) is 3.40. The summed E-state index contributed by atoms with van der Waals surface area (Å²) < 4.78 is 0. The molecular formula is C13H13N5O. The molecule has 2 aromatic rings. The van der Waals surface area contributed by atoms with Crippen molar-refractivity contribution in [2.45, 2.75) is 12.8 Å². The quantitative estimate of drug-likeness (QED) is 0.766. The van der Waals surface area contributed by atoms with Crippen molar-refractivity contribution < 1.29 is 4.79 Å². The molecule has 2 aromatic heterocycles. The number of hydrogen-bond acceptors (Lipinski definition) is 4. The minimum absolute atomic E-state index is 0.0544. The van der Waals surface area contributed by atoms with Crippen molar-refractivity contribution in [3.63, 3.8) is 0 Å². The maximum Gasteiger partial charge on any atom is 0.256 e. The average molecular weight is 255 g/mol. The first-order valence-electron chi connectivity index (χ1n) is 6.20. The lowest BCUT2D eigenvalue weighted by atomic mass is 9.98. The number of aromatic nitrogens is 4. The molecule has 1 atom stereocenters. The molecule has 19 heavy (non-hydrogen) atoms. The second kappa shape index (κ2) is 4.69. The first-order valence-corrected chi connectivity index (χ1v) is 6.20. The minimum atomic E-state index is -0.0544. The van der Waals surface area contributed by atoms with Gasteiger partial charge in [0.15, 0.2) is 0 Å².